The van der Waals surface area contributed by atoms with Crippen molar-refractivity contribution in [3.8, 4) is 0 Å². The van der Waals surface area contributed by atoms with Crippen LogP contribution < -0.4 is 27.1 Å². The zero-order valence-corrected chi connectivity index (χ0v) is 15.3. The van der Waals surface area contributed by atoms with E-state index in [1.165, 1.54) is 18.3 Å². The summed E-state index contributed by atoms with van der Waals surface area (Å²) in [5, 5.41) is 5.88. The Labute approximate surface area is 160 Å². The van der Waals surface area contributed by atoms with Gasteiger partial charge >= 0.3 is 0 Å². The lowest BCUT2D eigenvalue weighted by atomic mass is 9.98. The molecule has 1 unspecified atom stereocenters. The van der Waals surface area contributed by atoms with Crippen molar-refractivity contribution in [2.75, 3.05) is 10.6 Å². The van der Waals surface area contributed by atoms with Crippen LogP contribution in [0.2, 0.25) is 0 Å². The van der Waals surface area contributed by atoms with Gasteiger partial charge in [0.1, 0.15) is 22.9 Å². The van der Waals surface area contributed by atoms with Gasteiger partial charge in [-0.15, -0.1) is 0 Å². The molecule has 0 spiro atoms. The number of aromatic amines is 1. The lowest BCUT2D eigenvalue weighted by molar-refractivity contribution is 0.598. The minimum Gasteiger partial charge on any atom is -0.373 e. The molecule has 0 saturated heterocycles. The molecular weight excluding hydrogens is 361 g/mol. The summed E-state index contributed by atoms with van der Waals surface area (Å²) in [7, 11) is 0. The van der Waals surface area contributed by atoms with Crippen LogP contribution in [0, 0.1) is 18.7 Å². The first-order valence-corrected chi connectivity index (χ1v) is 9.24. The third-order valence-electron chi connectivity index (χ3n) is 5.17. The van der Waals surface area contributed by atoms with Crippen LogP contribution >= 0.6 is 0 Å². The van der Waals surface area contributed by atoms with E-state index >= 15 is 0 Å². The lowest BCUT2D eigenvalue weighted by Crippen LogP contribution is -2.38. The minimum atomic E-state index is -0.675. The van der Waals surface area contributed by atoms with Gasteiger partial charge in [0.25, 0.3) is 16.4 Å². The zero-order chi connectivity index (χ0) is 19.8. The van der Waals surface area contributed by atoms with Crippen molar-refractivity contribution in [3.63, 3.8) is 0 Å². The molecule has 6 nitrogen and oxygen atoms in total. The number of pyridine rings is 1. The fraction of sp³-hybridized carbons (Fsp3) is 0.286. The molecular formula is C21H20FN3O3. The van der Waals surface area contributed by atoms with Gasteiger partial charge in [-0.3, -0.25) is 14.4 Å². The summed E-state index contributed by atoms with van der Waals surface area (Å²) < 4.78 is 14.1. The van der Waals surface area contributed by atoms with E-state index < -0.39 is 16.4 Å². The van der Waals surface area contributed by atoms with E-state index in [0.29, 0.717) is 11.5 Å². The number of anilines is 3. The highest BCUT2D eigenvalue weighted by atomic mass is 19.1. The molecule has 1 aliphatic carbocycles. The molecule has 4 rings (SSSR count). The van der Waals surface area contributed by atoms with E-state index in [9.17, 15) is 18.8 Å². The number of benzene rings is 1. The molecule has 2 aromatic carbocycles. The largest absolute Gasteiger partial charge is 0.373 e. The van der Waals surface area contributed by atoms with Crippen molar-refractivity contribution in [3.05, 3.63) is 84.3 Å². The van der Waals surface area contributed by atoms with Gasteiger partial charge in [-0.2, -0.15) is 0 Å². The standard InChI is InChI=1S/C21H20FN3O3/c1-11-4-7-13(10-14(11)22)16(9-12-5-6-12)25-18-17(19(26)20(18)27)24-15-3-2-8-23-21(15)28/h2-4,7-8,10,12,16,24-25H,5-6,9H2,1H3,(H,23,28). The smallest absolute Gasteiger partial charge is 0.271 e. The van der Waals surface area contributed by atoms with Crippen molar-refractivity contribution < 1.29 is 4.39 Å². The molecule has 0 bridgehead atoms. The van der Waals surface area contributed by atoms with Crippen molar-refractivity contribution >= 4 is 17.1 Å². The highest BCUT2D eigenvalue weighted by Crippen LogP contribution is 2.39. The number of aryl methyl sites for hydroxylation is 1. The average molecular weight is 381 g/mol. The van der Waals surface area contributed by atoms with E-state index in [-0.39, 0.29) is 28.9 Å². The first-order valence-electron chi connectivity index (χ1n) is 9.24. The number of halogens is 1. The van der Waals surface area contributed by atoms with Crippen LogP contribution in [0.5, 0.6) is 0 Å². The van der Waals surface area contributed by atoms with Crippen molar-refractivity contribution in [2.45, 2.75) is 32.2 Å². The van der Waals surface area contributed by atoms with Crippen LogP contribution in [0.4, 0.5) is 21.5 Å². The average Bonchev–Trinajstić information content (AvgIpc) is 3.51. The molecule has 1 heterocycles. The van der Waals surface area contributed by atoms with Crippen molar-refractivity contribution in [1.82, 2.24) is 4.98 Å². The molecule has 28 heavy (non-hydrogen) atoms. The summed E-state index contributed by atoms with van der Waals surface area (Å²) in [6.07, 6.45) is 4.42. The lowest BCUT2D eigenvalue weighted by Gasteiger charge is -2.23. The second kappa shape index (κ2) is 7.07. The molecule has 0 aliphatic heterocycles. The highest BCUT2D eigenvalue weighted by molar-refractivity contribution is 5.78. The molecule has 1 atom stereocenters. The number of aromatic nitrogens is 1. The van der Waals surface area contributed by atoms with Crippen LogP contribution in [-0.2, 0) is 0 Å². The molecule has 144 valence electrons. The minimum absolute atomic E-state index is 0.0649. The Bertz CT molecular complexity index is 1160. The van der Waals surface area contributed by atoms with Crippen LogP contribution in [0.25, 0.3) is 0 Å². The first kappa shape index (κ1) is 18.2. The molecule has 0 radical (unpaired) electrons. The van der Waals surface area contributed by atoms with Crippen LogP contribution in [0.15, 0.2) is 50.9 Å². The van der Waals surface area contributed by atoms with Crippen LogP contribution in [-0.4, -0.2) is 4.98 Å². The molecule has 3 aromatic rings. The Morgan fingerprint density at radius 1 is 1.14 bits per heavy atom. The summed E-state index contributed by atoms with van der Waals surface area (Å²) in [5.41, 5.74) is -0.0427. The quantitative estimate of drug-likeness (QED) is 0.547. The monoisotopic (exact) mass is 381 g/mol. The third-order valence-corrected chi connectivity index (χ3v) is 5.17. The van der Waals surface area contributed by atoms with Gasteiger partial charge in [-0.05, 0) is 48.6 Å². The number of rotatable bonds is 7. The second-order valence-corrected chi connectivity index (χ2v) is 7.33. The normalized spacial score (nSPS) is 14.8. The molecule has 1 aliphatic rings. The Balaban J connectivity index is 1.64. The van der Waals surface area contributed by atoms with E-state index in [2.05, 4.69) is 15.6 Å². The summed E-state index contributed by atoms with van der Waals surface area (Å²) in [6.45, 7) is 1.69. The Hall–Kier alpha value is -3.22. The fourth-order valence-electron chi connectivity index (χ4n) is 3.27. The van der Waals surface area contributed by atoms with E-state index in [1.54, 1.807) is 19.1 Å². The third kappa shape index (κ3) is 3.47. The predicted molar refractivity (Wildman–Crippen MR) is 107 cm³/mol. The molecule has 7 heteroatoms. The number of H-pyrrole nitrogens is 1. The van der Waals surface area contributed by atoms with Gasteiger partial charge in [-0.25, -0.2) is 4.39 Å². The fourth-order valence-corrected chi connectivity index (χ4v) is 3.27. The second-order valence-electron chi connectivity index (χ2n) is 7.33. The SMILES string of the molecule is Cc1ccc(C(CC2CC2)Nc2c(Nc3ccc[nH]c3=O)c(=O)c2=O)cc1F. The summed E-state index contributed by atoms with van der Waals surface area (Å²) in [5.74, 6) is 0.209. The van der Waals surface area contributed by atoms with Gasteiger partial charge in [0.2, 0.25) is 0 Å². The molecule has 3 N–H and O–H groups in total. The summed E-state index contributed by atoms with van der Waals surface area (Å²) in [6, 6.07) is 7.86. The van der Waals surface area contributed by atoms with Crippen molar-refractivity contribution in [1.29, 1.82) is 0 Å². The molecule has 0 amide bonds. The highest BCUT2D eigenvalue weighted by Gasteiger charge is 2.30. The molecule has 1 saturated carbocycles. The predicted octanol–water partition coefficient (Wildman–Crippen LogP) is 3.12. The topological polar surface area (TPSA) is 91.1 Å². The number of hydrogen-bond acceptors (Lipinski definition) is 5. The van der Waals surface area contributed by atoms with E-state index in [0.717, 1.165) is 24.8 Å². The number of nitrogens with one attached hydrogen (secondary N) is 3. The van der Waals surface area contributed by atoms with Gasteiger partial charge in [0.05, 0.1) is 6.04 Å². The summed E-state index contributed by atoms with van der Waals surface area (Å²) >= 11 is 0. The molecule has 1 aromatic heterocycles. The summed E-state index contributed by atoms with van der Waals surface area (Å²) in [4.78, 5) is 38.6. The molecule has 1 fully saturated rings. The van der Waals surface area contributed by atoms with Gasteiger partial charge in [-0.1, -0.05) is 25.0 Å². The van der Waals surface area contributed by atoms with Gasteiger partial charge in [0, 0.05) is 6.20 Å². The Kier molecular flexibility index (Phi) is 4.58. The maximum Gasteiger partial charge on any atom is 0.271 e. The van der Waals surface area contributed by atoms with Gasteiger partial charge in [0.15, 0.2) is 0 Å². The van der Waals surface area contributed by atoms with Crippen LogP contribution in [0.3, 0.4) is 0 Å². The first-order chi connectivity index (χ1) is 13.4. The maximum absolute atomic E-state index is 14.1. The van der Waals surface area contributed by atoms with Crippen molar-refractivity contribution in [2.24, 2.45) is 5.92 Å². The number of hydrogen-bond donors (Lipinski definition) is 3. The van der Waals surface area contributed by atoms with Crippen LogP contribution in [0.1, 0.15) is 36.4 Å². The van der Waals surface area contributed by atoms with Gasteiger partial charge < -0.3 is 15.6 Å². The van der Waals surface area contributed by atoms with E-state index in [1.807, 2.05) is 6.07 Å². The Morgan fingerprint density at radius 2 is 1.89 bits per heavy atom. The Morgan fingerprint density at radius 3 is 2.57 bits per heavy atom. The maximum atomic E-state index is 14.1. The zero-order valence-electron chi connectivity index (χ0n) is 15.3. The van der Waals surface area contributed by atoms with E-state index in [4.69, 9.17) is 0 Å².